The van der Waals surface area contributed by atoms with Crippen molar-refractivity contribution in [3.63, 3.8) is 0 Å². The maximum absolute atomic E-state index is 9.96. The van der Waals surface area contributed by atoms with E-state index in [1.54, 1.807) is 6.07 Å². The normalized spacial score (nSPS) is 16.6. The third-order valence-corrected chi connectivity index (χ3v) is 3.54. The smallest absolute Gasteiger partial charge is 0.119 e. The van der Waals surface area contributed by atoms with Crippen LogP contribution in [0.1, 0.15) is 19.4 Å². The number of rotatable bonds is 6. The minimum Gasteiger partial charge on any atom is -0.508 e. The maximum Gasteiger partial charge on any atom is 0.119 e. The summed E-state index contributed by atoms with van der Waals surface area (Å²) in [6.07, 6.45) is 0.866. The first-order chi connectivity index (χ1) is 9.65. The molecule has 0 saturated carbocycles. The van der Waals surface area contributed by atoms with Crippen LogP contribution in [-0.4, -0.2) is 49.3 Å². The van der Waals surface area contributed by atoms with E-state index in [0.717, 1.165) is 50.5 Å². The van der Waals surface area contributed by atoms with Crippen LogP contribution in [0.4, 0.5) is 0 Å². The summed E-state index contributed by atoms with van der Waals surface area (Å²) >= 11 is 0. The molecule has 4 heteroatoms. The number of nitrogens with one attached hydrogen (secondary N) is 1. The van der Waals surface area contributed by atoms with Crippen LogP contribution in [0.5, 0.6) is 11.5 Å². The van der Waals surface area contributed by atoms with E-state index < -0.39 is 0 Å². The SMILES string of the molecule is CC(C)COc1ccc(O)c(CCN2CCNCC2)c1. The van der Waals surface area contributed by atoms with Gasteiger partial charge in [0.1, 0.15) is 11.5 Å². The van der Waals surface area contributed by atoms with Gasteiger partial charge in [0.05, 0.1) is 6.61 Å². The van der Waals surface area contributed by atoms with Crippen LogP contribution in [0.25, 0.3) is 0 Å². The minimum absolute atomic E-state index is 0.372. The second kappa shape index (κ2) is 7.50. The quantitative estimate of drug-likeness (QED) is 0.834. The molecular weight excluding hydrogens is 252 g/mol. The Kier molecular flexibility index (Phi) is 5.68. The zero-order valence-corrected chi connectivity index (χ0v) is 12.6. The highest BCUT2D eigenvalue weighted by Gasteiger charge is 2.11. The Morgan fingerprint density at radius 1 is 1.30 bits per heavy atom. The molecule has 1 aromatic rings. The van der Waals surface area contributed by atoms with Crippen molar-refractivity contribution in [3.8, 4) is 11.5 Å². The molecule has 2 rings (SSSR count). The largest absolute Gasteiger partial charge is 0.508 e. The molecule has 2 N–H and O–H groups in total. The Balaban J connectivity index is 1.90. The zero-order valence-electron chi connectivity index (χ0n) is 12.6. The third-order valence-electron chi connectivity index (χ3n) is 3.54. The fourth-order valence-corrected chi connectivity index (χ4v) is 2.33. The lowest BCUT2D eigenvalue weighted by atomic mass is 10.1. The lowest BCUT2D eigenvalue weighted by molar-refractivity contribution is 0.242. The van der Waals surface area contributed by atoms with Gasteiger partial charge in [-0.15, -0.1) is 0 Å². The van der Waals surface area contributed by atoms with Gasteiger partial charge in [-0.3, -0.25) is 0 Å². The first-order valence-electron chi connectivity index (χ1n) is 7.53. The molecule has 1 aliphatic rings. The molecule has 1 aromatic carbocycles. The molecule has 1 aliphatic heterocycles. The predicted octanol–water partition coefficient (Wildman–Crippen LogP) is 1.87. The molecule has 0 unspecified atom stereocenters. The number of nitrogens with zero attached hydrogens (tertiary/aromatic N) is 1. The van der Waals surface area contributed by atoms with Crippen LogP contribution >= 0.6 is 0 Å². The van der Waals surface area contributed by atoms with E-state index in [1.165, 1.54) is 0 Å². The summed E-state index contributed by atoms with van der Waals surface area (Å²) in [5.41, 5.74) is 0.977. The van der Waals surface area contributed by atoms with E-state index in [2.05, 4.69) is 24.1 Å². The van der Waals surface area contributed by atoms with E-state index in [1.807, 2.05) is 12.1 Å². The van der Waals surface area contributed by atoms with Gasteiger partial charge in [-0.05, 0) is 36.1 Å². The molecule has 0 spiro atoms. The van der Waals surface area contributed by atoms with Crippen LogP contribution in [0.15, 0.2) is 18.2 Å². The fraction of sp³-hybridized carbons (Fsp3) is 0.625. The molecule has 0 aromatic heterocycles. The molecule has 4 nitrogen and oxygen atoms in total. The minimum atomic E-state index is 0.372. The molecule has 0 aliphatic carbocycles. The average molecular weight is 278 g/mol. The summed E-state index contributed by atoms with van der Waals surface area (Å²) in [5, 5.41) is 13.3. The molecule has 112 valence electrons. The maximum atomic E-state index is 9.96. The summed E-state index contributed by atoms with van der Waals surface area (Å²) in [4.78, 5) is 2.43. The van der Waals surface area contributed by atoms with Crippen LogP contribution in [-0.2, 0) is 6.42 Å². The van der Waals surface area contributed by atoms with Gasteiger partial charge in [0.25, 0.3) is 0 Å². The van der Waals surface area contributed by atoms with Gasteiger partial charge in [0.15, 0.2) is 0 Å². The van der Waals surface area contributed by atoms with Crippen LogP contribution in [0.2, 0.25) is 0 Å². The van der Waals surface area contributed by atoms with Gasteiger partial charge < -0.3 is 20.1 Å². The molecule has 0 bridgehead atoms. The number of ether oxygens (including phenoxy) is 1. The summed E-state index contributed by atoms with van der Waals surface area (Å²) in [6.45, 7) is 10.3. The van der Waals surface area contributed by atoms with Crippen molar-refractivity contribution in [2.24, 2.45) is 5.92 Å². The standard InChI is InChI=1S/C16H26N2O2/c1-13(2)12-20-15-3-4-16(19)14(11-15)5-8-18-9-6-17-7-10-18/h3-4,11,13,17,19H,5-10,12H2,1-2H3. The number of piperazine rings is 1. The van der Waals surface area contributed by atoms with Crippen LogP contribution < -0.4 is 10.1 Å². The summed E-state index contributed by atoms with van der Waals surface area (Å²) < 4.78 is 5.72. The van der Waals surface area contributed by atoms with E-state index in [9.17, 15) is 5.11 Å². The third kappa shape index (κ3) is 4.69. The lowest BCUT2D eigenvalue weighted by Gasteiger charge is -2.27. The van der Waals surface area contributed by atoms with Gasteiger partial charge >= 0.3 is 0 Å². The van der Waals surface area contributed by atoms with Crippen LogP contribution in [0.3, 0.4) is 0 Å². The molecule has 0 amide bonds. The predicted molar refractivity (Wildman–Crippen MR) is 81.5 cm³/mol. The number of hydrogen-bond acceptors (Lipinski definition) is 4. The van der Waals surface area contributed by atoms with Gasteiger partial charge in [-0.1, -0.05) is 13.8 Å². The lowest BCUT2D eigenvalue weighted by Crippen LogP contribution is -2.44. The van der Waals surface area contributed by atoms with E-state index in [4.69, 9.17) is 4.74 Å². The second-order valence-corrected chi connectivity index (χ2v) is 5.84. The molecule has 0 radical (unpaired) electrons. The van der Waals surface area contributed by atoms with E-state index in [0.29, 0.717) is 18.3 Å². The number of aromatic hydroxyl groups is 1. The summed E-state index contributed by atoms with van der Waals surface area (Å²) in [5.74, 6) is 1.73. The summed E-state index contributed by atoms with van der Waals surface area (Å²) in [6, 6.07) is 5.55. The highest BCUT2D eigenvalue weighted by molar-refractivity contribution is 5.39. The van der Waals surface area contributed by atoms with Crippen molar-refractivity contribution in [3.05, 3.63) is 23.8 Å². The number of phenols is 1. The van der Waals surface area contributed by atoms with Crippen molar-refractivity contribution >= 4 is 0 Å². The highest BCUT2D eigenvalue weighted by atomic mass is 16.5. The number of hydrogen-bond donors (Lipinski definition) is 2. The first kappa shape index (κ1) is 15.1. The van der Waals surface area contributed by atoms with Crippen molar-refractivity contribution < 1.29 is 9.84 Å². The van der Waals surface area contributed by atoms with Crippen molar-refractivity contribution in [1.82, 2.24) is 10.2 Å². The Hall–Kier alpha value is -1.26. The zero-order chi connectivity index (χ0) is 14.4. The Morgan fingerprint density at radius 3 is 2.75 bits per heavy atom. The monoisotopic (exact) mass is 278 g/mol. The van der Waals surface area contributed by atoms with Gasteiger partial charge in [0.2, 0.25) is 0 Å². The highest BCUT2D eigenvalue weighted by Crippen LogP contribution is 2.24. The van der Waals surface area contributed by atoms with Crippen molar-refractivity contribution in [1.29, 1.82) is 0 Å². The molecule has 1 saturated heterocycles. The number of phenolic OH excluding ortho intramolecular Hbond substituents is 1. The molecular formula is C16H26N2O2. The molecule has 0 atom stereocenters. The van der Waals surface area contributed by atoms with Crippen LogP contribution in [0, 0.1) is 5.92 Å². The topological polar surface area (TPSA) is 44.7 Å². The first-order valence-corrected chi connectivity index (χ1v) is 7.53. The van der Waals surface area contributed by atoms with E-state index >= 15 is 0 Å². The molecule has 1 heterocycles. The Labute approximate surface area is 121 Å². The van der Waals surface area contributed by atoms with Gasteiger partial charge in [-0.25, -0.2) is 0 Å². The fourth-order valence-electron chi connectivity index (χ4n) is 2.33. The Bertz CT molecular complexity index is 415. The van der Waals surface area contributed by atoms with E-state index in [-0.39, 0.29) is 0 Å². The molecule has 1 fully saturated rings. The Morgan fingerprint density at radius 2 is 2.05 bits per heavy atom. The van der Waals surface area contributed by atoms with Crippen molar-refractivity contribution in [2.45, 2.75) is 20.3 Å². The van der Waals surface area contributed by atoms with Gasteiger partial charge in [-0.2, -0.15) is 0 Å². The second-order valence-electron chi connectivity index (χ2n) is 5.84. The average Bonchev–Trinajstić information content (AvgIpc) is 2.46. The molecule has 20 heavy (non-hydrogen) atoms. The summed E-state index contributed by atoms with van der Waals surface area (Å²) in [7, 11) is 0. The number of benzene rings is 1. The van der Waals surface area contributed by atoms with Gasteiger partial charge in [0, 0.05) is 32.7 Å². The van der Waals surface area contributed by atoms with Crippen molar-refractivity contribution in [2.75, 3.05) is 39.3 Å².